The van der Waals surface area contributed by atoms with Gasteiger partial charge < -0.3 is 0 Å². The fourth-order valence-corrected chi connectivity index (χ4v) is 1.79. The molecule has 0 aromatic carbocycles. The van der Waals surface area contributed by atoms with E-state index in [4.69, 9.17) is 0 Å². The van der Waals surface area contributed by atoms with Crippen LogP contribution in [0, 0.1) is 5.82 Å². The summed E-state index contributed by atoms with van der Waals surface area (Å²) in [6, 6.07) is 0.936. The first-order valence-electron chi connectivity index (χ1n) is 5.41. The molecule has 0 aliphatic carbocycles. The SMILES string of the molecule is CCCC(C)(C)c1cnc(C(F)(F)F)c(F)c1. The van der Waals surface area contributed by atoms with Crippen LogP contribution in [0.1, 0.15) is 44.9 Å². The highest BCUT2D eigenvalue weighted by atomic mass is 19.4. The molecular formula is C12H15F4N. The monoisotopic (exact) mass is 249 g/mol. The maximum absolute atomic E-state index is 13.3. The lowest BCUT2D eigenvalue weighted by molar-refractivity contribution is -0.143. The third kappa shape index (κ3) is 3.17. The number of halogens is 4. The Labute approximate surface area is 97.9 Å². The molecule has 96 valence electrons. The average Bonchev–Trinajstić information content (AvgIpc) is 2.15. The minimum absolute atomic E-state index is 0.368. The van der Waals surface area contributed by atoms with Crippen LogP contribution in [0.25, 0.3) is 0 Å². The molecule has 0 fully saturated rings. The van der Waals surface area contributed by atoms with Crippen LogP contribution in [-0.2, 0) is 11.6 Å². The van der Waals surface area contributed by atoms with Crippen molar-refractivity contribution >= 4 is 0 Å². The molecule has 1 nitrogen and oxygen atoms in total. The number of hydrogen-bond acceptors (Lipinski definition) is 1. The van der Waals surface area contributed by atoms with E-state index in [1.807, 2.05) is 20.8 Å². The Morgan fingerprint density at radius 2 is 1.82 bits per heavy atom. The van der Waals surface area contributed by atoms with Crippen LogP contribution in [0.3, 0.4) is 0 Å². The summed E-state index contributed by atoms with van der Waals surface area (Å²) < 4.78 is 50.3. The van der Waals surface area contributed by atoms with Crippen molar-refractivity contribution in [1.82, 2.24) is 4.98 Å². The minimum atomic E-state index is -4.74. The Balaban J connectivity index is 3.13. The van der Waals surface area contributed by atoms with E-state index in [2.05, 4.69) is 4.98 Å². The van der Waals surface area contributed by atoms with E-state index in [0.29, 0.717) is 5.56 Å². The van der Waals surface area contributed by atoms with E-state index in [-0.39, 0.29) is 5.41 Å². The molecule has 1 rings (SSSR count). The summed E-state index contributed by atoms with van der Waals surface area (Å²) in [7, 11) is 0. The van der Waals surface area contributed by atoms with Crippen LogP contribution in [0.5, 0.6) is 0 Å². The topological polar surface area (TPSA) is 12.9 Å². The predicted octanol–water partition coefficient (Wildman–Crippen LogP) is 4.32. The highest BCUT2D eigenvalue weighted by molar-refractivity contribution is 5.24. The molecule has 0 unspecified atom stereocenters. The molecule has 0 saturated heterocycles. The molecule has 5 heteroatoms. The Morgan fingerprint density at radius 1 is 1.24 bits per heavy atom. The van der Waals surface area contributed by atoms with E-state index in [1.54, 1.807) is 0 Å². The predicted molar refractivity (Wildman–Crippen MR) is 57.1 cm³/mol. The average molecular weight is 249 g/mol. The van der Waals surface area contributed by atoms with Gasteiger partial charge in [0.2, 0.25) is 0 Å². The maximum Gasteiger partial charge on any atom is 0.436 e. The van der Waals surface area contributed by atoms with Gasteiger partial charge in [-0.25, -0.2) is 9.37 Å². The van der Waals surface area contributed by atoms with Crippen molar-refractivity contribution in [1.29, 1.82) is 0 Å². The number of nitrogens with zero attached hydrogens (tertiary/aromatic N) is 1. The Bertz CT molecular complexity index is 396. The molecule has 1 aromatic heterocycles. The van der Waals surface area contributed by atoms with E-state index in [1.165, 1.54) is 0 Å². The first-order chi connectivity index (χ1) is 7.68. The van der Waals surface area contributed by atoms with E-state index in [0.717, 1.165) is 25.1 Å². The normalized spacial score (nSPS) is 12.9. The smallest absolute Gasteiger partial charge is 0.249 e. The molecule has 0 amide bonds. The Morgan fingerprint density at radius 3 is 2.24 bits per heavy atom. The summed E-state index contributed by atoms with van der Waals surface area (Å²) in [4.78, 5) is 3.20. The molecule has 0 bridgehead atoms. The van der Waals surface area contributed by atoms with Gasteiger partial charge in [-0.2, -0.15) is 13.2 Å². The lowest BCUT2D eigenvalue weighted by Crippen LogP contribution is -2.19. The van der Waals surface area contributed by atoms with E-state index >= 15 is 0 Å². The lowest BCUT2D eigenvalue weighted by atomic mass is 9.81. The van der Waals surface area contributed by atoms with E-state index in [9.17, 15) is 17.6 Å². The van der Waals surface area contributed by atoms with Crippen molar-refractivity contribution in [3.63, 3.8) is 0 Å². The minimum Gasteiger partial charge on any atom is -0.249 e. The van der Waals surface area contributed by atoms with Crippen LogP contribution < -0.4 is 0 Å². The highest BCUT2D eigenvalue weighted by Crippen LogP contribution is 2.33. The summed E-state index contributed by atoms with van der Waals surface area (Å²) in [5, 5.41) is 0. The molecule has 17 heavy (non-hydrogen) atoms. The van der Waals surface area contributed by atoms with Gasteiger partial charge >= 0.3 is 6.18 Å². The molecular weight excluding hydrogens is 234 g/mol. The number of aromatic nitrogens is 1. The van der Waals surface area contributed by atoms with Gasteiger partial charge in [-0.15, -0.1) is 0 Å². The van der Waals surface area contributed by atoms with Crippen molar-refractivity contribution in [2.75, 3.05) is 0 Å². The summed E-state index contributed by atoms with van der Waals surface area (Å²) in [6.45, 7) is 5.69. The van der Waals surface area contributed by atoms with Gasteiger partial charge in [-0.3, -0.25) is 0 Å². The molecule has 0 N–H and O–H groups in total. The molecule has 0 spiro atoms. The second kappa shape index (κ2) is 4.63. The fourth-order valence-electron chi connectivity index (χ4n) is 1.79. The molecule has 1 heterocycles. The van der Waals surface area contributed by atoms with Crippen LogP contribution >= 0.6 is 0 Å². The number of pyridine rings is 1. The van der Waals surface area contributed by atoms with Crippen molar-refractivity contribution in [2.45, 2.75) is 45.2 Å². The standard InChI is InChI=1S/C12H15F4N/c1-4-5-11(2,3)8-6-9(13)10(17-7-8)12(14,15)16/h6-7H,4-5H2,1-3H3. The molecule has 0 saturated carbocycles. The largest absolute Gasteiger partial charge is 0.436 e. The van der Waals surface area contributed by atoms with Gasteiger partial charge in [-0.05, 0) is 23.5 Å². The Hall–Kier alpha value is -1.13. The second-order valence-electron chi connectivity index (χ2n) is 4.69. The number of hydrogen-bond donors (Lipinski definition) is 0. The molecule has 0 radical (unpaired) electrons. The van der Waals surface area contributed by atoms with Crippen molar-refractivity contribution < 1.29 is 17.6 Å². The maximum atomic E-state index is 13.3. The Kier molecular flexibility index (Phi) is 3.79. The summed E-state index contributed by atoms with van der Waals surface area (Å²) >= 11 is 0. The van der Waals surface area contributed by atoms with Gasteiger partial charge in [0.05, 0.1) is 0 Å². The number of alkyl halides is 3. The van der Waals surface area contributed by atoms with Gasteiger partial charge in [-0.1, -0.05) is 27.2 Å². The summed E-state index contributed by atoms with van der Waals surface area (Å²) in [5.41, 5.74) is -1.33. The van der Waals surface area contributed by atoms with Gasteiger partial charge in [0.1, 0.15) is 0 Å². The third-order valence-corrected chi connectivity index (χ3v) is 2.77. The van der Waals surface area contributed by atoms with Gasteiger partial charge in [0.15, 0.2) is 11.5 Å². The van der Waals surface area contributed by atoms with Crippen molar-refractivity contribution in [3.05, 3.63) is 29.3 Å². The molecule has 1 aromatic rings. The van der Waals surface area contributed by atoms with Crippen LogP contribution in [-0.4, -0.2) is 4.98 Å². The lowest BCUT2D eigenvalue weighted by Gasteiger charge is -2.24. The van der Waals surface area contributed by atoms with Crippen LogP contribution in [0.4, 0.5) is 17.6 Å². The number of rotatable bonds is 3. The summed E-state index contributed by atoms with van der Waals surface area (Å²) in [5.74, 6) is -1.31. The summed E-state index contributed by atoms with van der Waals surface area (Å²) in [6.07, 6.45) is -1.99. The quantitative estimate of drug-likeness (QED) is 0.727. The molecule has 0 aliphatic rings. The zero-order chi connectivity index (χ0) is 13.3. The second-order valence-corrected chi connectivity index (χ2v) is 4.69. The molecule has 0 aliphatic heterocycles. The van der Waals surface area contributed by atoms with Gasteiger partial charge in [0.25, 0.3) is 0 Å². The van der Waals surface area contributed by atoms with Gasteiger partial charge in [0, 0.05) is 6.20 Å². The zero-order valence-corrected chi connectivity index (χ0v) is 10.0. The fraction of sp³-hybridized carbons (Fsp3) is 0.583. The molecule has 0 atom stereocenters. The third-order valence-electron chi connectivity index (χ3n) is 2.77. The van der Waals surface area contributed by atoms with Crippen LogP contribution in [0.15, 0.2) is 12.3 Å². The van der Waals surface area contributed by atoms with Crippen LogP contribution in [0.2, 0.25) is 0 Å². The highest BCUT2D eigenvalue weighted by Gasteiger charge is 2.36. The van der Waals surface area contributed by atoms with Crippen molar-refractivity contribution in [2.24, 2.45) is 0 Å². The zero-order valence-electron chi connectivity index (χ0n) is 10.0. The first kappa shape index (κ1) is 13.9. The van der Waals surface area contributed by atoms with E-state index < -0.39 is 17.7 Å². The van der Waals surface area contributed by atoms with Crippen molar-refractivity contribution in [3.8, 4) is 0 Å². The first-order valence-corrected chi connectivity index (χ1v) is 5.41.